The Balaban J connectivity index is 1.37. The van der Waals surface area contributed by atoms with Gasteiger partial charge in [0.1, 0.15) is 11.5 Å². The summed E-state index contributed by atoms with van der Waals surface area (Å²) in [5.41, 5.74) is 5.84. The quantitative estimate of drug-likeness (QED) is 0.670. The number of urea groups is 1. The number of hydrogen-bond donors (Lipinski definition) is 3. The lowest BCUT2D eigenvalue weighted by Crippen LogP contribution is -2.41. The Morgan fingerprint density at radius 1 is 1.23 bits per heavy atom. The lowest BCUT2D eigenvalue weighted by atomic mass is 9.99. The predicted molar refractivity (Wildman–Crippen MR) is 117 cm³/mol. The average molecular weight is 445 g/mol. The maximum absolute atomic E-state index is 13.2. The molecule has 1 aliphatic heterocycles. The molecule has 0 radical (unpaired) electrons. The van der Waals surface area contributed by atoms with Crippen LogP contribution in [-0.4, -0.2) is 51.7 Å². The van der Waals surface area contributed by atoms with Gasteiger partial charge in [0.05, 0.1) is 18.8 Å². The molecule has 1 aromatic carbocycles. The van der Waals surface area contributed by atoms with Crippen LogP contribution in [0.5, 0.6) is 5.88 Å². The number of nitrogens with zero attached hydrogens (tertiary/aromatic N) is 3. The van der Waals surface area contributed by atoms with E-state index in [1.54, 1.807) is 4.68 Å². The molecule has 10 heteroatoms. The predicted octanol–water partition coefficient (Wildman–Crippen LogP) is 2.33. The van der Waals surface area contributed by atoms with Gasteiger partial charge in [-0.05, 0) is 74.9 Å². The topological polar surface area (TPSA) is 112 Å². The smallest absolute Gasteiger partial charge is 0.331 e. The van der Waals surface area contributed by atoms with Crippen LogP contribution in [0.3, 0.4) is 0 Å². The number of rotatable bonds is 4. The van der Waals surface area contributed by atoms with Crippen molar-refractivity contribution in [3.63, 3.8) is 0 Å². The minimum atomic E-state index is -3.63. The molecule has 2 amide bonds. The second-order valence-corrected chi connectivity index (χ2v) is 10.5. The number of likely N-dealkylation sites (N-methyl/N-ethyl adjacent to an activating group) is 1. The van der Waals surface area contributed by atoms with Gasteiger partial charge in [-0.25, -0.2) is 23.2 Å². The van der Waals surface area contributed by atoms with E-state index in [9.17, 15) is 9.00 Å². The number of anilines is 1. The van der Waals surface area contributed by atoms with Crippen molar-refractivity contribution in [2.75, 3.05) is 26.0 Å². The largest absolute Gasteiger partial charge is 0.475 e. The number of carbonyl (C=O) groups excluding carboxylic acids is 1. The maximum Gasteiger partial charge on any atom is 0.331 e. The van der Waals surface area contributed by atoms with Crippen LogP contribution in [0.2, 0.25) is 0 Å². The van der Waals surface area contributed by atoms with E-state index in [2.05, 4.69) is 21.2 Å². The maximum atomic E-state index is 13.2. The highest BCUT2D eigenvalue weighted by Gasteiger charge is 2.30. The number of hydrogen-bond acceptors (Lipinski definition) is 6. The summed E-state index contributed by atoms with van der Waals surface area (Å²) >= 11 is 0. The molecular weight excluding hydrogens is 416 g/mol. The third-order valence-corrected chi connectivity index (χ3v) is 7.92. The molecule has 166 valence electrons. The fourth-order valence-corrected chi connectivity index (χ4v) is 5.89. The van der Waals surface area contributed by atoms with Gasteiger partial charge in [0, 0.05) is 5.69 Å². The van der Waals surface area contributed by atoms with Crippen LogP contribution in [0.15, 0.2) is 17.2 Å². The van der Waals surface area contributed by atoms with Crippen LogP contribution < -0.4 is 14.8 Å². The molecule has 2 aliphatic carbocycles. The number of aryl methyl sites for hydroxylation is 2. The Morgan fingerprint density at radius 3 is 2.55 bits per heavy atom. The third kappa shape index (κ3) is 3.57. The molecule has 0 spiro atoms. The molecule has 3 N–H and O–H groups in total. The summed E-state index contributed by atoms with van der Waals surface area (Å²) in [5, 5.41) is 7.17. The summed E-state index contributed by atoms with van der Waals surface area (Å²) in [6.45, 7) is 0.988. The second-order valence-electron chi connectivity index (χ2n) is 8.77. The zero-order valence-electron chi connectivity index (χ0n) is 17.9. The number of benzene rings is 1. The molecular formula is C21H28N6O3S. The van der Waals surface area contributed by atoms with Gasteiger partial charge in [-0.3, -0.25) is 0 Å². The van der Waals surface area contributed by atoms with Gasteiger partial charge < -0.3 is 15.0 Å². The van der Waals surface area contributed by atoms with Crippen molar-refractivity contribution in [2.45, 2.75) is 56.0 Å². The normalized spacial score (nSPS) is 21.1. The molecule has 0 fully saturated rings. The van der Waals surface area contributed by atoms with Crippen molar-refractivity contribution in [3.8, 4) is 5.88 Å². The first-order chi connectivity index (χ1) is 14.8. The van der Waals surface area contributed by atoms with Crippen LogP contribution in [0, 0.1) is 4.78 Å². The van der Waals surface area contributed by atoms with E-state index in [0.717, 1.165) is 44.2 Å². The molecule has 2 atom stereocenters. The lowest BCUT2D eigenvalue weighted by Gasteiger charge is -2.29. The Kier molecular flexibility index (Phi) is 4.93. The minimum Gasteiger partial charge on any atom is -0.475 e. The molecule has 1 aromatic heterocycles. The molecule has 2 aromatic rings. The number of ether oxygens (including phenoxy) is 1. The highest BCUT2D eigenvalue weighted by Crippen LogP contribution is 2.38. The molecule has 3 aliphatic rings. The third-order valence-electron chi connectivity index (χ3n) is 6.54. The number of fused-ring (bicyclic) bond motifs is 3. The molecule has 2 heterocycles. The van der Waals surface area contributed by atoms with Gasteiger partial charge in [0.25, 0.3) is 0 Å². The lowest BCUT2D eigenvalue weighted by molar-refractivity contribution is 0.117. The van der Waals surface area contributed by atoms with E-state index >= 15 is 0 Å². The SMILES string of the molecule is CN(C)[C@@H]1COc2c([S@](=N)(=O)NC(=O)Nc3c4c(cc5c3CCC5)CCC4)cnn2C1. The molecule has 9 nitrogen and oxygen atoms in total. The highest BCUT2D eigenvalue weighted by molar-refractivity contribution is 7.91. The van der Waals surface area contributed by atoms with Gasteiger partial charge in [0.2, 0.25) is 5.88 Å². The summed E-state index contributed by atoms with van der Waals surface area (Å²) in [7, 11) is 0.289. The molecule has 31 heavy (non-hydrogen) atoms. The summed E-state index contributed by atoms with van der Waals surface area (Å²) in [6.07, 6.45) is 7.46. The number of aromatic nitrogens is 2. The first kappa shape index (κ1) is 20.3. The van der Waals surface area contributed by atoms with Crippen molar-refractivity contribution < 1.29 is 13.7 Å². The van der Waals surface area contributed by atoms with Gasteiger partial charge in [-0.15, -0.1) is 0 Å². The van der Waals surface area contributed by atoms with Crippen LogP contribution in [-0.2, 0) is 42.1 Å². The van der Waals surface area contributed by atoms with Crippen molar-refractivity contribution in [3.05, 3.63) is 34.5 Å². The minimum absolute atomic E-state index is 0.100. The highest BCUT2D eigenvalue weighted by atomic mass is 32.2. The van der Waals surface area contributed by atoms with E-state index < -0.39 is 15.9 Å². The molecule has 0 unspecified atom stereocenters. The van der Waals surface area contributed by atoms with E-state index in [-0.39, 0.29) is 10.9 Å². The first-order valence-corrected chi connectivity index (χ1v) is 12.3. The monoisotopic (exact) mass is 444 g/mol. The summed E-state index contributed by atoms with van der Waals surface area (Å²) in [6, 6.07) is 1.80. The zero-order valence-corrected chi connectivity index (χ0v) is 18.7. The number of amides is 2. The number of nitrogens with one attached hydrogen (secondary N) is 3. The van der Waals surface area contributed by atoms with Gasteiger partial charge in [0.15, 0.2) is 9.92 Å². The summed E-state index contributed by atoms with van der Waals surface area (Å²) in [5.74, 6) is 0.292. The fraction of sp³-hybridized carbons (Fsp3) is 0.524. The molecule has 0 saturated carbocycles. The van der Waals surface area contributed by atoms with E-state index in [1.165, 1.54) is 28.5 Å². The second kappa shape index (κ2) is 7.52. The standard InChI is InChI=1S/C21H28N6O3S/c1-26(2)15-11-27-20(30-12-15)18(10-23-27)31(22,29)25-21(28)24-19-16-7-3-5-13(16)9-14-6-4-8-17(14)19/h9-10,15H,3-8,11-12H2,1-2H3,(H3,22,24,25,28,29)/t15-,31+/m0/s1. The Labute approximate surface area is 182 Å². The van der Waals surface area contributed by atoms with E-state index in [1.807, 2.05) is 19.0 Å². The molecule has 0 bridgehead atoms. The van der Waals surface area contributed by atoms with Crippen LogP contribution in [0.25, 0.3) is 0 Å². The molecule has 0 saturated heterocycles. The zero-order chi connectivity index (χ0) is 21.8. The number of carbonyl (C=O) groups is 1. The van der Waals surface area contributed by atoms with Crippen LogP contribution in [0.4, 0.5) is 10.5 Å². The van der Waals surface area contributed by atoms with Crippen molar-refractivity contribution in [1.29, 1.82) is 4.78 Å². The van der Waals surface area contributed by atoms with E-state index in [4.69, 9.17) is 9.52 Å². The Morgan fingerprint density at radius 2 is 1.90 bits per heavy atom. The van der Waals surface area contributed by atoms with Gasteiger partial charge >= 0.3 is 6.03 Å². The average Bonchev–Trinajstić information content (AvgIpc) is 3.45. The fourth-order valence-electron chi connectivity index (χ4n) is 4.86. The summed E-state index contributed by atoms with van der Waals surface area (Å²) in [4.78, 5) is 15.0. The van der Waals surface area contributed by atoms with E-state index in [0.29, 0.717) is 19.0 Å². The van der Waals surface area contributed by atoms with Gasteiger partial charge in [-0.2, -0.15) is 5.10 Å². The van der Waals surface area contributed by atoms with Crippen molar-refractivity contribution >= 4 is 21.6 Å². The summed E-state index contributed by atoms with van der Waals surface area (Å²) < 4.78 is 31.3. The first-order valence-electron chi connectivity index (χ1n) is 10.7. The Bertz CT molecular complexity index is 1120. The van der Waals surface area contributed by atoms with Crippen LogP contribution in [0.1, 0.15) is 35.1 Å². The van der Waals surface area contributed by atoms with Crippen molar-refractivity contribution in [2.24, 2.45) is 0 Å². The van der Waals surface area contributed by atoms with Crippen molar-refractivity contribution in [1.82, 2.24) is 19.4 Å². The molecule has 5 rings (SSSR count). The Hall–Kier alpha value is -2.59. The van der Waals surface area contributed by atoms with Gasteiger partial charge in [-0.1, -0.05) is 6.07 Å². The van der Waals surface area contributed by atoms with Crippen LogP contribution >= 0.6 is 0 Å².